The molecule has 2 unspecified atom stereocenters. The zero-order chi connectivity index (χ0) is 12.3. The largest absolute Gasteiger partial charge is 0.358 e. The van der Waals surface area contributed by atoms with E-state index in [1.165, 1.54) is 0 Å². The molecule has 2 rings (SSSR count). The molecule has 2 N–H and O–H groups in total. The molecule has 6 heteroatoms. The normalized spacial score (nSPS) is 23.3. The number of hydrogen-bond donors (Lipinski definition) is 2. The Kier molecular flexibility index (Phi) is 4.09. The molecule has 2 atom stereocenters. The lowest BCUT2D eigenvalue weighted by molar-refractivity contribution is -0.127. The first-order valence-corrected chi connectivity index (χ1v) is 6.69. The van der Waals surface area contributed by atoms with E-state index in [0.29, 0.717) is 6.54 Å². The average molecular weight is 254 g/mol. The van der Waals surface area contributed by atoms with Crippen molar-refractivity contribution in [2.24, 2.45) is 0 Å². The van der Waals surface area contributed by atoms with Crippen molar-refractivity contribution in [1.29, 1.82) is 0 Å². The van der Waals surface area contributed by atoms with Crippen LogP contribution in [0.5, 0.6) is 0 Å². The van der Waals surface area contributed by atoms with E-state index in [1.807, 2.05) is 11.6 Å². The average Bonchev–Trinajstić information content (AvgIpc) is 2.91. The van der Waals surface area contributed by atoms with Gasteiger partial charge in [0.15, 0.2) is 0 Å². The monoisotopic (exact) mass is 254 g/mol. The Morgan fingerprint density at radius 3 is 3.24 bits per heavy atom. The van der Waals surface area contributed by atoms with E-state index in [1.54, 1.807) is 18.4 Å². The lowest BCUT2D eigenvalue weighted by atomic mass is 10.1. The summed E-state index contributed by atoms with van der Waals surface area (Å²) < 4.78 is 0. The summed E-state index contributed by atoms with van der Waals surface area (Å²) in [7, 11) is 1.68. The standard InChI is InChI=1S/C11H18N4OS/c1-8(11-14-4-6-17-11)15-5-3-13-7-9(15)10(16)12-2/h4,6,8-9,13H,3,5,7H2,1-2H3,(H,12,16). The van der Waals surface area contributed by atoms with Crippen LogP contribution in [-0.4, -0.2) is 48.5 Å². The maximum Gasteiger partial charge on any atom is 0.238 e. The van der Waals surface area contributed by atoms with Crippen molar-refractivity contribution in [3.05, 3.63) is 16.6 Å². The van der Waals surface area contributed by atoms with Crippen LogP contribution in [0.15, 0.2) is 11.6 Å². The maximum absolute atomic E-state index is 11.8. The number of aromatic nitrogens is 1. The maximum atomic E-state index is 11.8. The fourth-order valence-electron chi connectivity index (χ4n) is 2.18. The van der Waals surface area contributed by atoms with Crippen molar-refractivity contribution in [3.63, 3.8) is 0 Å². The summed E-state index contributed by atoms with van der Waals surface area (Å²) in [4.78, 5) is 18.4. The van der Waals surface area contributed by atoms with Crippen LogP contribution in [0.2, 0.25) is 0 Å². The highest BCUT2D eigenvalue weighted by Gasteiger charge is 2.32. The van der Waals surface area contributed by atoms with Gasteiger partial charge in [-0.15, -0.1) is 11.3 Å². The minimum absolute atomic E-state index is 0.0700. The topological polar surface area (TPSA) is 57.3 Å². The Balaban J connectivity index is 2.13. The van der Waals surface area contributed by atoms with Crippen LogP contribution < -0.4 is 10.6 Å². The van der Waals surface area contributed by atoms with Crippen LogP contribution in [0.25, 0.3) is 0 Å². The molecule has 0 radical (unpaired) electrons. The van der Waals surface area contributed by atoms with Crippen LogP contribution >= 0.6 is 11.3 Å². The van der Waals surface area contributed by atoms with E-state index in [9.17, 15) is 4.79 Å². The Labute approximate surface area is 105 Å². The van der Waals surface area contributed by atoms with Crippen LogP contribution in [0, 0.1) is 0 Å². The van der Waals surface area contributed by atoms with E-state index in [0.717, 1.165) is 18.1 Å². The molecule has 17 heavy (non-hydrogen) atoms. The molecule has 1 aromatic rings. The van der Waals surface area contributed by atoms with Crippen molar-refractivity contribution < 1.29 is 4.79 Å². The number of rotatable bonds is 3. The van der Waals surface area contributed by atoms with Crippen LogP contribution in [0.3, 0.4) is 0 Å². The van der Waals surface area contributed by atoms with E-state index in [-0.39, 0.29) is 18.0 Å². The van der Waals surface area contributed by atoms with Gasteiger partial charge in [-0.25, -0.2) is 4.98 Å². The van der Waals surface area contributed by atoms with Gasteiger partial charge in [0.2, 0.25) is 5.91 Å². The Bertz CT molecular complexity index is 368. The van der Waals surface area contributed by atoms with Gasteiger partial charge in [-0.1, -0.05) is 0 Å². The van der Waals surface area contributed by atoms with Gasteiger partial charge in [0.25, 0.3) is 0 Å². The Morgan fingerprint density at radius 1 is 1.76 bits per heavy atom. The SMILES string of the molecule is CNC(=O)C1CNCCN1C(C)c1nccs1. The van der Waals surface area contributed by atoms with E-state index in [2.05, 4.69) is 27.4 Å². The quantitative estimate of drug-likeness (QED) is 0.810. The van der Waals surface area contributed by atoms with Gasteiger partial charge in [0, 0.05) is 38.3 Å². The highest BCUT2D eigenvalue weighted by atomic mass is 32.1. The molecule has 1 aromatic heterocycles. The summed E-state index contributed by atoms with van der Waals surface area (Å²) in [5.74, 6) is 0.0700. The molecule has 1 saturated heterocycles. The van der Waals surface area contributed by atoms with Gasteiger partial charge in [-0.2, -0.15) is 0 Å². The molecular weight excluding hydrogens is 236 g/mol. The van der Waals surface area contributed by atoms with Gasteiger partial charge in [-0.3, -0.25) is 9.69 Å². The number of carbonyl (C=O) groups excluding carboxylic acids is 1. The molecule has 94 valence electrons. The lowest BCUT2D eigenvalue weighted by Crippen LogP contribution is -2.57. The first-order valence-electron chi connectivity index (χ1n) is 5.81. The number of nitrogens with one attached hydrogen (secondary N) is 2. The molecule has 0 saturated carbocycles. The van der Waals surface area contributed by atoms with Gasteiger partial charge < -0.3 is 10.6 Å². The number of hydrogen-bond acceptors (Lipinski definition) is 5. The molecule has 0 spiro atoms. The van der Waals surface area contributed by atoms with Crippen LogP contribution in [0.1, 0.15) is 18.0 Å². The molecule has 1 fully saturated rings. The summed E-state index contributed by atoms with van der Waals surface area (Å²) in [5.41, 5.74) is 0. The fourth-order valence-corrected chi connectivity index (χ4v) is 2.89. The van der Waals surface area contributed by atoms with Crippen molar-refractivity contribution in [3.8, 4) is 0 Å². The predicted octanol–water partition coefficient (Wildman–Crippen LogP) is 0.224. The van der Waals surface area contributed by atoms with Gasteiger partial charge in [-0.05, 0) is 6.92 Å². The van der Waals surface area contributed by atoms with Gasteiger partial charge >= 0.3 is 0 Å². The minimum atomic E-state index is -0.104. The smallest absolute Gasteiger partial charge is 0.238 e. The summed E-state index contributed by atoms with van der Waals surface area (Å²) >= 11 is 1.64. The van der Waals surface area contributed by atoms with E-state index >= 15 is 0 Å². The van der Waals surface area contributed by atoms with E-state index in [4.69, 9.17) is 0 Å². The predicted molar refractivity (Wildman–Crippen MR) is 68.0 cm³/mol. The zero-order valence-corrected chi connectivity index (χ0v) is 11.0. The van der Waals surface area contributed by atoms with Crippen molar-refractivity contribution >= 4 is 17.2 Å². The molecule has 0 bridgehead atoms. The van der Waals surface area contributed by atoms with Crippen molar-refractivity contribution in [2.75, 3.05) is 26.7 Å². The fraction of sp³-hybridized carbons (Fsp3) is 0.636. The number of thiazole rings is 1. The van der Waals surface area contributed by atoms with Crippen molar-refractivity contribution in [2.45, 2.75) is 19.0 Å². The lowest BCUT2D eigenvalue weighted by Gasteiger charge is -2.38. The number of carbonyl (C=O) groups is 1. The molecule has 1 aliphatic heterocycles. The highest BCUT2D eigenvalue weighted by Crippen LogP contribution is 2.24. The third-order valence-electron chi connectivity index (χ3n) is 3.14. The summed E-state index contributed by atoms with van der Waals surface area (Å²) in [6.07, 6.45) is 1.81. The van der Waals surface area contributed by atoms with Crippen molar-refractivity contribution in [1.82, 2.24) is 20.5 Å². The molecule has 1 aliphatic rings. The second kappa shape index (κ2) is 5.57. The van der Waals surface area contributed by atoms with Crippen LogP contribution in [-0.2, 0) is 4.79 Å². The molecule has 0 aliphatic carbocycles. The molecule has 5 nitrogen and oxygen atoms in total. The number of piperazine rings is 1. The minimum Gasteiger partial charge on any atom is -0.358 e. The van der Waals surface area contributed by atoms with Crippen LogP contribution in [0.4, 0.5) is 0 Å². The zero-order valence-electron chi connectivity index (χ0n) is 10.1. The van der Waals surface area contributed by atoms with Gasteiger partial charge in [0.05, 0.1) is 6.04 Å². The Hall–Kier alpha value is -0.980. The number of likely N-dealkylation sites (N-methyl/N-ethyl adjacent to an activating group) is 1. The Morgan fingerprint density at radius 2 is 2.59 bits per heavy atom. The second-order valence-corrected chi connectivity index (χ2v) is 5.04. The summed E-state index contributed by atoms with van der Waals surface area (Å²) in [6.45, 7) is 4.61. The molecular formula is C11H18N4OS. The van der Waals surface area contributed by atoms with Gasteiger partial charge in [0.1, 0.15) is 11.0 Å². The molecule has 0 aromatic carbocycles. The highest BCUT2D eigenvalue weighted by molar-refractivity contribution is 7.09. The third-order valence-corrected chi connectivity index (χ3v) is 4.09. The first-order chi connectivity index (χ1) is 8.24. The third kappa shape index (κ3) is 2.65. The number of nitrogens with zero attached hydrogens (tertiary/aromatic N) is 2. The number of amides is 1. The molecule has 2 heterocycles. The first kappa shape index (κ1) is 12.5. The summed E-state index contributed by atoms with van der Waals surface area (Å²) in [6, 6.07) is 0.0899. The second-order valence-electron chi connectivity index (χ2n) is 4.12. The molecule has 1 amide bonds. The summed E-state index contributed by atoms with van der Waals surface area (Å²) in [5, 5.41) is 9.03. The van der Waals surface area contributed by atoms with E-state index < -0.39 is 0 Å².